The maximum atomic E-state index is 13.7. The number of halogens is 2. The molecule has 0 aromatic heterocycles. The van der Waals surface area contributed by atoms with Crippen LogP contribution in [0.15, 0.2) is 52.6 Å². The minimum absolute atomic E-state index is 0. The van der Waals surface area contributed by atoms with E-state index in [9.17, 15) is 8.78 Å². The number of allylic oxidation sites excluding steroid dienone is 4. The normalized spacial score (nSPS) is 17.3. The Hall–Kier alpha value is -1.89. The number of benzene rings is 1. The van der Waals surface area contributed by atoms with Crippen LogP contribution in [0.25, 0.3) is 5.32 Å². The van der Waals surface area contributed by atoms with E-state index in [1.54, 1.807) is 6.07 Å². The first kappa shape index (κ1) is 20.4. The monoisotopic (exact) mass is 575 g/mol. The maximum absolute atomic E-state index is 13.7. The molecule has 0 aliphatic carbocycles. The minimum atomic E-state index is -0.442. The number of hydrogen-bond acceptors (Lipinski definition) is 3. The van der Waals surface area contributed by atoms with Gasteiger partial charge in [-0.3, -0.25) is 0 Å². The molecule has 0 unspecified atom stereocenters. The van der Waals surface area contributed by atoms with Gasteiger partial charge in [-0.15, -0.1) is 6.21 Å². The van der Waals surface area contributed by atoms with E-state index in [0.29, 0.717) is 30.2 Å². The Morgan fingerprint density at radius 2 is 2.12 bits per heavy atom. The molecule has 0 amide bonds. The second kappa shape index (κ2) is 9.71. The first-order valence-electron chi connectivity index (χ1n) is 7.90. The zero-order chi connectivity index (χ0) is 17.6. The van der Waals surface area contributed by atoms with Gasteiger partial charge in [-0.05, 0) is 24.7 Å². The number of rotatable bonds is 3. The van der Waals surface area contributed by atoms with Crippen molar-refractivity contribution in [2.75, 3.05) is 24.5 Å². The average Bonchev–Trinajstić information content (AvgIpc) is 2.86. The van der Waals surface area contributed by atoms with Crippen molar-refractivity contribution in [3.63, 3.8) is 0 Å². The van der Waals surface area contributed by atoms with Crippen LogP contribution >= 0.6 is 0 Å². The first-order valence-corrected chi connectivity index (χ1v) is 7.90. The van der Waals surface area contributed by atoms with E-state index in [1.165, 1.54) is 24.3 Å². The van der Waals surface area contributed by atoms with Gasteiger partial charge in [0.2, 0.25) is 0 Å². The van der Waals surface area contributed by atoms with Gasteiger partial charge in [-0.25, -0.2) is 20.2 Å². The van der Waals surface area contributed by atoms with Crippen molar-refractivity contribution in [1.29, 1.82) is 5.26 Å². The van der Waals surface area contributed by atoms with Crippen LogP contribution in [0.5, 0.6) is 0 Å². The summed E-state index contributed by atoms with van der Waals surface area (Å²) in [5, 5.41) is 13.0. The molecule has 0 bridgehead atoms. The van der Waals surface area contributed by atoms with E-state index in [0.717, 1.165) is 12.8 Å². The van der Waals surface area contributed by atoms with E-state index in [-0.39, 0.29) is 49.0 Å². The molecule has 0 atom stereocenters. The van der Waals surface area contributed by atoms with E-state index in [2.05, 4.69) is 22.6 Å². The van der Waals surface area contributed by atoms with E-state index in [1.807, 2.05) is 11.0 Å². The van der Waals surface area contributed by atoms with Crippen LogP contribution in [0.3, 0.4) is 0 Å². The molecule has 1 aromatic rings. The molecule has 0 spiro atoms. The van der Waals surface area contributed by atoms with Crippen molar-refractivity contribution in [1.82, 2.24) is 0 Å². The van der Waals surface area contributed by atoms with Crippen molar-refractivity contribution >= 4 is 11.9 Å². The van der Waals surface area contributed by atoms with Crippen LogP contribution in [-0.2, 0) is 0 Å². The molecule has 2 aliphatic rings. The third-order valence-electron chi connectivity index (χ3n) is 3.78. The third-order valence-corrected chi connectivity index (χ3v) is 3.78. The van der Waals surface area contributed by atoms with Gasteiger partial charge in [0.25, 0.3) is 0 Å². The number of nitriles is 1. The van der Waals surface area contributed by atoms with Crippen molar-refractivity contribution in [2.24, 2.45) is 4.99 Å². The largest absolute Gasteiger partial charge is 2.00 e. The number of anilines is 1. The number of hydrogen-bond donors (Lipinski definition) is 0. The summed E-state index contributed by atoms with van der Waals surface area (Å²) in [7, 11) is 0. The average molecular weight is 575 g/mol. The van der Waals surface area contributed by atoms with Crippen molar-refractivity contribution in [3.05, 3.63) is 70.3 Å². The van der Waals surface area contributed by atoms with Gasteiger partial charge >= 0.3 is 31.1 Å². The fourth-order valence-electron chi connectivity index (χ4n) is 2.57. The number of nitrogens with zero attached hydrogens (tertiary/aromatic N) is 4. The summed E-state index contributed by atoms with van der Waals surface area (Å²) in [4.78, 5) is 6.23. The second-order valence-corrected chi connectivity index (χ2v) is 5.66. The maximum Gasteiger partial charge on any atom is 2.00 e. The Kier molecular flexibility index (Phi) is 7.63. The topological polar surface area (TPSA) is 53.5 Å². The van der Waals surface area contributed by atoms with E-state index >= 15 is 0 Å². The fraction of sp³-hybridized carbons (Fsp3) is 0.263. The van der Waals surface area contributed by atoms with Gasteiger partial charge in [-0.2, -0.15) is 17.8 Å². The second-order valence-electron chi connectivity index (χ2n) is 5.66. The van der Waals surface area contributed by atoms with Crippen LogP contribution in [-0.4, -0.2) is 25.8 Å². The smallest absolute Gasteiger partial charge is 0.699 e. The zero-order valence-corrected chi connectivity index (χ0v) is 18.1. The van der Waals surface area contributed by atoms with Gasteiger partial charge in [0.1, 0.15) is 5.82 Å². The molecule has 4 nitrogen and oxygen atoms in total. The Balaban J connectivity index is 0.00000243. The summed E-state index contributed by atoms with van der Waals surface area (Å²) in [6.07, 6.45) is 10.4. The first-order chi connectivity index (χ1) is 12.1. The molecule has 0 N–H and O–H groups in total. The molecule has 0 radical (unpaired) electrons. The SMILES string of the molecule is N#Cc1cc(F)cc(N2CCC[C-]=C(N=[C-]C3=CC=C(F)C[N-]3)C2)c1.[U+2]. The summed E-state index contributed by atoms with van der Waals surface area (Å²) in [5.74, 6) is -0.737. The Morgan fingerprint density at radius 1 is 1.27 bits per heavy atom. The molecular formula is C19H15F2N4U-. The number of aliphatic imine (C=N–C) groups is 1. The molecular weight excluding hydrogens is 560 g/mol. The summed E-state index contributed by atoms with van der Waals surface area (Å²) >= 11 is 0. The van der Waals surface area contributed by atoms with E-state index < -0.39 is 5.82 Å². The van der Waals surface area contributed by atoms with Gasteiger partial charge in [-0.1, -0.05) is 19.0 Å². The van der Waals surface area contributed by atoms with Crippen LogP contribution < -0.4 is 4.90 Å². The minimum Gasteiger partial charge on any atom is -0.699 e. The van der Waals surface area contributed by atoms with Crippen molar-refractivity contribution in [3.8, 4) is 6.07 Å². The standard InChI is InChI=1S/C19H15F2N4.U/c20-15-4-5-17(23-11-15)12-24-18-3-1-2-6-25(13-18)19-8-14(10-22)7-16(21)9-19;/h4-5,7-9H,1-2,6,11,13H2;/q-3;+2. The molecule has 1 aromatic carbocycles. The van der Waals surface area contributed by atoms with Gasteiger partial charge < -0.3 is 21.3 Å². The molecule has 0 fully saturated rings. The molecule has 3 rings (SSSR count). The van der Waals surface area contributed by atoms with Crippen LogP contribution in [0.2, 0.25) is 0 Å². The molecule has 130 valence electrons. The predicted octanol–water partition coefficient (Wildman–Crippen LogP) is 4.06. The van der Waals surface area contributed by atoms with Crippen LogP contribution in [0.4, 0.5) is 14.5 Å². The molecule has 0 saturated heterocycles. The molecule has 2 heterocycles. The van der Waals surface area contributed by atoms with Gasteiger partial charge in [0.15, 0.2) is 0 Å². The Bertz CT molecular complexity index is 821. The third kappa shape index (κ3) is 5.56. The van der Waals surface area contributed by atoms with Gasteiger partial charge in [0, 0.05) is 12.2 Å². The van der Waals surface area contributed by atoms with Crippen LogP contribution in [0, 0.1) is 54.3 Å². The predicted molar refractivity (Wildman–Crippen MR) is 92.3 cm³/mol. The van der Waals surface area contributed by atoms with Gasteiger partial charge in [0.05, 0.1) is 17.5 Å². The summed E-state index contributed by atoms with van der Waals surface area (Å²) < 4.78 is 26.6. The fourth-order valence-corrected chi connectivity index (χ4v) is 2.57. The molecule has 2 aliphatic heterocycles. The van der Waals surface area contributed by atoms with Crippen molar-refractivity contribution in [2.45, 2.75) is 12.8 Å². The quantitative estimate of drug-likeness (QED) is 0.404. The Morgan fingerprint density at radius 3 is 2.85 bits per heavy atom. The Labute approximate surface area is 175 Å². The summed E-state index contributed by atoms with van der Waals surface area (Å²) in [6.45, 7) is 1.14. The summed E-state index contributed by atoms with van der Waals surface area (Å²) in [6, 6.07) is 6.24. The van der Waals surface area contributed by atoms with E-state index in [4.69, 9.17) is 5.26 Å². The van der Waals surface area contributed by atoms with Crippen molar-refractivity contribution < 1.29 is 39.9 Å². The molecule has 0 saturated carbocycles. The zero-order valence-electron chi connectivity index (χ0n) is 14.0. The molecule has 7 heteroatoms. The van der Waals surface area contributed by atoms with Crippen LogP contribution in [0.1, 0.15) is 18.4 Å². The molecule has 26 heavy (non-hydrogen) atoms. The summed E-state index contributed by atoms with van der Waals surface area (Å²) in [5.41, 5.74) is 2.05.